The van der Waals surface area contributed by atoms with Gasteiger partial charge in [0, 0.05) is 91.5 Å². The molecule has 3 rings (SSSR count). The van der Waals surface area contributed by atoms with Crippen molar-refractivity contribution in [2.24, 2.45) is 5.73 Å². The molecule has 0 amide bonds. The molecule has 0 saturated carbocycles. The molecule has 0 aliphatic carbocycles. The standard InChI is InChI=1S/C22H45N9S/c1-2-3-4-5-6-7-30-20(32)31-22-17-27-11-8-24-14-21(23,15-25-9-12-28-18-22)16-26-10-13-29-19-22/h1,24-29H,3-19,23H2,(H2,30,31,32). The first kappa shape index (κ1) is 27.2. The highest BCUT2D eigenvalue weighted by atomic mass is 32.1. The molecule has 32 heavy (non-hydrogen) atoms. The van der Waals surface area contributed by atoms with Crippen LogP contribution in [0.25, 0.3) is 0 Å². The summed E-state index contributed by atoms with van der Waals surface area (Å²) in [4.78, 5) is 0. The predicted molar refractivity (Wildman–Crippen MR) is 138 cm³/mol. The molecule has 0 spiro atoms. The lowest BCUT2D eigenvalue weighted by Gasteiger charge is -2.38. The molecule has 184 valence electrons. The number of rotatable bonds is 6. The summed E-state index contributed by atoms with van der Waals surface area (Å²) in [7, 11) is 0. The summed E-state index contributed by atoms with van der Waals surface area (Å²) in [6.07, 6.45) is 9.43. The van der Waals surface area contributed by atoms with E-state index in [-0.39, 0.29) is 11.1 Å². The Hall–Kier alpha value is -1.03. The van der Waals surface area contributed by atoms with Gasteiger partial charge in [-0.2, -0.15) is 0 Å². The Morgan fingerprint density at radius 3 is 1.72 bits per heavy atom. The van der Waals surface area contributed by atoms with Gasteiger partial charge in [0.1, 0.15) is 0 Å². The Kier molecular flexibility index (Phi) is 13.4. The Labute approximate surface area is 199 Å². The molecule has 3 aliphatic rings. The van der Waals surface area contributed by atoms with E-state index in [1.54, 1.807) is 0 Å². The highest BCUT2D eigenvalue weighted by Crippen LogP contribution is 2.04. The Bertz CT molecular complexity index is 523. The largest absolute Gasteiger partial charge is 0.363 e. The van der Waals surface area contributed by atoms with Crippen LogP contribution in [0.1, 0.15) is 25.7 Å². The molecule has 10 heteroatoms. The Morgan fingerprint density at radius 1 is 0.781 bits per heavy atom. The molecule has 0 aromatic rings. The third kappa shape index (κ3) is 11.2. The number of hydrogen-bond donors (Lipinski definition) is 9. The molecule has 3 saturated heterocycles. The van der Waals surface area contributed by atoms with Gasteiger partial charge in [-0.05, 0) is 25.1 Å². The van der Waals surface area contributed by atoms with Crippen LogP contribution in [0.3, 0.4) is 0 Å². The minimum absolute atomic E-state index is 0.237. The average Bonchev–Trinajstić information content (AvgIpc) is 2.77. The molecule has 3 heterocycles. The second-order valence-electron chi connectivity index (χ2n) is 9.10. The van der Waals surface area contributed by atoms with Crippen molar-refractivity contribution in [1.82, 2.24) is 42.5 Å². The molecule has 3 aliphatic heterocycles. The van der Waals surface area contributed by atoms with Crippen molar-refractivity contribution in [3.8, 4) is 12.3 Å². The smallest absolute Gasteiger partial charge is 0.166 e. The first-order chi connectivity index (χ1) is 15.6. The molecular weight excluding hydrogens is 422 g/mol. The topological polar surface area (TPSA) is 122 Å². The maximum absolute atomic E-state index is 6.66. The predicted octanol–water partition coefficient (Wildman–Crippen LogP) is -2.35. The minimum Gasteiger partial charge on any atom is -0.363 e. The van der Waals surface area contributed by atoms with Crippen molar-refractivity contribution in [3.63, 3.8) is 0 Å². The van der Waals surface area contributed by atoms with Crippen LogP contribution in [0.2, 0.25) is 0 Å². The highest BCUT2D eigenvalue weighted by molar-refractivity contribution is 7.80. The fourth-order valence-corrected chi connectivity index (χ4v) is 4.37. The number of thiocarbonyl (C=S) groups is 1. The number of unbranched alkanes of at least 4 members (excludes halogenated alkanes) is 3. The van der Waals surface area contributed by atoms with Crippen LogP contribution in [-0.2, 0) is 0 Å². The molecule has 3 fully saturated rings. The van der Waals surface area contributed by atoms with Crippen LogP contribution < -0.4 is 48.3 Å². The normalized spacial score (nSPS) is 28.8. The number of terminal acetylenes is 1. The SMILES string of the molecule is C#CCCCCCNC(=S)NC12CNCCNCC(N)(CNCCNC1)CNCCNC2. The summed E-state index contributed by atoms with van der Waals surface area (Å²) in [5, 5.41) is 29.1. The fraction of sp³-hybridized carbons (Fsp3) is 0.864. The summed E-state index contributed by atoms with van der Waals surface area (Å²) in [5.74, 6) is 2.70. The van der Waals surface area contributed by atoms with Gasteiger partial charge in [-0.25, -0.2) is 0 Å². The summed E-state index contributed by atoms with van der Waals surface area (Å²) < 4.78 is 0. The quantitative estimate of drug-likeness (QED) is 0.119. The molecule has 0 unspecified atom stereocenters. The molecule has 2 bridgehead atoms. The summed E-state index contributed by atoms with van der Waals surface area (Å²) >= 11 is 5.67. The van der Waals surface area contributed by atoms with Gasteiger partial charge in [0.25, 0.3) is 0 Å². The zero-order valence-electron chi connectivity index (χ0n) is 19.6. The van der Waals surface area contributed by atoms with Crippen molar-refractivity contribution >= 4 is 17.3 Å². The van der Waals surface area contributed by atoms with Gasteiger partial charge in [0.2, 0.25) is 0 Å². The lowest BCUT2D eigenvalue weighted by Crippen LogP contribution is -2.68. The molecule has 0 radical (unpaired) electrons. The lowest BCUT2D eigenvalue weighted by atomic mass is 9.98. The van der Waals surface area contributed by atoms with Gasteiger partial charge in [-0.3, -0.25) is 0 Å². The number of nitrogens with one attached hydrogen (secondary N) is 8. The second-order valence-corrected chi connectivity index (χ2v) is 9.51. The van der Waals surface area contributed by atoms with E-state index >= 15 is 0 Å². The van der Waals surface area contributed by atoms with Crippen molar-refractivity contribution < 1.29 is 0 Å². The highest BCUT2D eigenvalue weighted by Gasteiger charge is 2.31. The molecule has 9 nitrogen and oxygen atoms in total. The molecule has 0 atom stereocenters. The first-order valence-corrected chi connectivity index (χ1v) is 12.5. The monoisotopic (exact) mass is 467 g/mol. The van der Waals surface area contributed by atoms with Gasteiger partial charge < -0.3 is 48.3 Å². The first-order valence-electron chi connectivity index (χ1n) is 12.1. The number of nitrogens with two attached hydrogens (primary N) is 1. The zero-order valence-corrected chi connectivity index (χ0v) is 20.4. The van der Waals surface area contributed by atoms with Crippen molar-refractivity contribution in [2.75, 3.05) is 85.1 Å². The van der Waals surface area contributed by atoms with E-state index in [1.165, 1.54) is 0 Å². The van der Waals surface area contributed by atoms with Crippen molar-refractivity contribution in [3.05, 3.63) is 0 Å². The van der Waals surface area contributed by atoms with Crippen LogP contribution in [-0.4, -0.2) is 101 Å². The van der Waals surface area contributed by atoms with Gasteiger partial charge >= 0.3 is 0 Å². The fourth-order valence-electron chi connectivity index (χ4n) is 4.05. The average molecular weight is 468 g/mol. The van der Waals surface area contributed by atoms with Gasteiger partial charge in [0.15, 0.2) is 5.11 Å². The van der Waals surface area contributed by atoms with Crippen LogP contribution in [0.5, 0.6) is 0 Å². The summed E-state index contributed by atoms with van der Waals surface area (Å²) in [6, 6.07) is 0. The van der Waals surface area contributed by atoms with E-state index in [0.29, 0.717) is 5.11 Å². The summed E-state index contributed by atoms with van der Waals surface area (Å²) in [6.45, 7) is 10.8. The Morgan fingerprint density at radius 2 is 1.25 bits per heavy atom. The molecule has 10 N–H and O–H groups in total. The number of fused-ring (bicyclic) bond motifs is 15. The van der Waals surface area contributed by atoms with Crippen molar-refractivity contribution in [1.29, 1.82) is 0 Å². The van der Waals surface area contributed by atoms with Gasteiger partial charge in [0.05, 0.1) is 11.1 Å². The van der Waals surface area contributed by atoms with Crippen LogP contribution in [0, 0.1) is 12.3 Å². The molecular formula is C22H45N9S. The maximum atomic E-state index is 6.66. The van der Waals surface area contributed by atoms with E-state index in [2.05, 4.69) is 48.5 Å². The van der Waals surface area contributed by atoms with Crippen molar-refractivity contribution in [2.45, 2.75) is 36.8 Å². The number of hydrogen-bond acceptors (Lipinski definition) is 8. The van der Waals surface area contributed by atoms with Gasteiger partial charge in [-0.15, -0.1) is 12.3 Å². The molecule has 0 aromatic heterocycles. The van der Waals surface area contributed by atoms with Crippen LogP contribution in [0.15, 0.2) is 0 Å². The lowest BCUT2D eigenvalue weighted by molar-refractivity contribution is 0.298. The van der Waals surface area contributed by atoms with E-state index in [1.807, 2.05) is 0 Å². The van der Waals surface area contributed by atoms with Crippen LogP contribution >= 0.6 is 12.2 Å². The maximum Gasteiger partial charge on any atom is 0.166 e. The Balaban J connectivity index is 1.98. The second kappa shape index (κ2) is 15.7. The molecule has 0 aromatic carbocycles. The van der Waals surface area contributed by atoms with Gasteiger partial charge in [-0.1, -0.05) is 6.42 Å². The van der Waals surface area contributed by atoms with Crippen LogP contribution in [0.4, 0.5) is 0 Å². The zero-order chi connectivity index (χ0) is 23.0. The van der Waals surface area contributed by atoms with E-state index in [9.17, 15) is 0 Å². The summed E-state index contributed by atoms with van der Waals surface area (Å²) in [5.41, 5.74) is 6.12. The third-order valence-electron chi connectivity index (χ3n) is 5.92. The minimum atomic E-state index is -0.307. The third-order valence-corrected chi connectivity index (χ3v) is 6.17. The van der Waals surface area contributed by atoms with E-state index < -0.39 is 0 Å². The van der Waals surface area contributed by atoms with E-state index in [0.717, 1.165) is 111 Å². The van der Waals surface area contributed by atoms with E-state index in [4.69, 9.17) is 24.4 Å².